The molecule has 1 N–H and O–H groups in total. The molecule has 0 aromatic heterocycles. The van der Waals surface area contributed by atoms with Crippen molar-refractivity contribution in [2.45, 2.75) is 64.8 Å². The summed E-state index contributed by atoms with van der Waals surface area (Å²) in [4.78, 5) is 0. The minimum atomic E-state index is 0.591. The summed E-state index contributed by atoms with van der Waals surface area (Å²) in [6.07, 6.45) is 9.37. The van der Waals surface area contributed by atoms with Crippen LogP contribution in [0.5, 0.6) is 0 Å². The third kappa shape index (κ3) is 4.89. The number of hydrogen-bond acceptors (Lipinski definition) is 1. The van der Waals surface area contributed by atoms with Gasteiger partial charge in [-0.15, -0.1) is 0 Å². The van der Waals surface area contributed by atoms with E-state index in [4.69, 9.17) is 0 Å². The van der Waals surface area contributed by atoms with Crippen LogP contribution < -0.4 is 5.32 Å². The summed E-state index contributed by atoms with van der Waals surface area (Å²) in [7, 11) is 0. The van der Waals surface area contributed by atoms with Crippen LogP contribution >= 0.6 is 15.9 Å². The minimum absolute atomic E-state index is 0.591. The van der Waals surface area contributed by atoms with Crippen LogP contribution in [-0.4, -0.2) is 6.54 Å². The zero-order valence-electron chi connectivity index (χ0n) is 12.9. The number of unbranched alkanes of at least 4 members (excludes halogenated alkanes) is 3. The molecule has 1 aliphatic rings. The predicted octanol–water partition coefficient (Wildman–Crippen LogP) is 5.63. The quantitative estimate of drug-likeness (QED) is 0.606. The third-order valence-electron chi connectivity index (χ3n) is 4.28. The number of rotatable bonds is 8. The maximum Gasteiger partial charge on any atom is 0.0326 e. The van der Waals surface area contributed by atoms with Gasteiger partial charge in [0.2, 0.25) is 0 Å². The highest BCUT2D eigenvalue weighted by Crippen LogP contribution is 2.32. The number of benzene rings is 1. The largest absolute Gasteiger partial charge is 0.310 e. The van der Waals surface area contributed by atoms with Crippen molar-refractivity contribution >= 4 is 15.9 Å². The van der Waals surface area contributed by atoms with Gasteiger partial charge in [0.15, 0.2) is 0 Å². The summed E-state index contributed by atoms with van der Waals surface area (Å²) in [6, 6.07) is 7.33. The van der Waals surface area contributed by atoms with Gasteiger partial charge >= 0.3 is 0 Å². The second kappa shape index (κ2) is 8.19. The maximum absolute atomic E-state index is 3.74. The number of fused-ring (bicyclic) bond motifs is 1. The fourth-order valence-corrected chi connectivity index (χ4v) is 3.51. The second-order valence-corrected chi connectivity index (χ2v) is 7.40. The van der Waals surface area contributed by atoms with Crippen LogP contribution in [0.3, 0.4) is 0 Å². The first-order valence-corrected chi connectivity index (χ1v) is 8.98. The number of aryl methyl sites for hydroxylation is 1. The molecular weight excluding hydrogens is 310 g/mol. The van der Waals surface area contributed by atoms with Gasteiger partial charge in [-0.1, -0.05) is 61.5 Å². The Bertz CT molecular complexity index is 414. The Morgan fingerprint density at radius 1 is 1.20 bits per heavy atom. The molecule has 2 heteroatoms. The summed E-state index contributed by atoms with van der Waals surface area (Å²) in [6.45, 7) is 5.80. The number of hydrogen-bond donors (Lipinski definition) is 1. The molecule has 2 rings (SSSR count). The summed E-state index contributed by atoms with van der Waals surface area (Å²) in [5.74, 6) is 0.863. The normalized spacial score (nSPS) is 17.7. The molecule has 1 unspecified atom stereocenters. The summed E-state index contributed by atoms with van der Waals surface area (Å²) >= 11 is 3.56. The standard InChI is InChI=1S/C18H28BrN/c1-14(2)7-5-3-4-6-12-20-18-11-8-15-13-16(19)9-10-17(15)18/h9-10,13-14,18,20H,3-8,11-12H2,1-2H3. The lowest BCUT2D eigenvalue weighted by Gasteiger charge is -2.14. The van der Waals surface area contributed by atoms with Crippen molar-refractivity contribution in [3.8, 4) is 0 Å². The van der Waals surface area contributed by atoms with E-state index in [1.54, 1.807) is 0 Å². The summed E-state index contributed by atoms with van der Waals surface area (Å²) in [5.41, 5.74) is 3.04. The van der Waals surface area contributed by atoms with E-state index in [-0.39, 0.29) is 0 Å². The Morgan fingerprint density at radius 3 is 2.80 bits per heavy atom. The van der Waals surface area contributed by atoms with Crippen molar-refractivity contribution in [2.24, 2.45) is 5.92 Å². The first kappa shape index (κ1) is 16.0. The molecule has 1 aromatic carbocycles. The summed E-state index contributed by atoms with van der Waals surface area (Å²) < 4.78 is 1.21. The fraction of sp³-hybridized carbons (Fsp3) is 0.667. The third-order valence-corrected chi connectivity index (χ3v) is 4.78. The van der Waals surface area contributed by atoms with E-state index in [0.717, 1.165) is 5.92 Å². The van der Waals surface area contributed by atoms with Crippen molar-refractivity contribution < 1.29 is 0 Å². The highest BCUT2D eigenvalue weighted by atomic mass is 79.9. The highest BCUT2D eigenvalue weighted by molar-refractivity contribution is 9.10. The van der Waals surface area contributed by atoms with Gasteiger partial charge in [0.25, 0.3) is 0 Å². The Hall–Kier alpha value is -0.340. The summed E-state index contributed by atoms with van der Waals surface area (Å²) in [5, 5.41) is 3.74. The fourth-order valence-electron chi connectivity index (χ4n) is 3.11. The molecule has 0 spiro atoms. The van der Waals surface area contributed by atoms with E-state index in [0.29, 0.717) is 6.04 Å². The molecule has 0 saturated carbocycles. The van der Waals surface area contributed by atoms with Crippen LogP contribution in [0.2, 0.25) is 0 Å². The maximum atomic E-state index is 3.74. The zero-order valence-corrected chi connectivity index (χ0v) is 14.5. The SMILES string of the molecule is CC(C)CCCCCCNC1CCc2cc(Br)ccc21. The van der Waals surface area contributed by atoms with Crippen LogP contribution in [0.4, 0.5) is 0 Å². The second-order valence-electron chi connectivity index (χ2n) is 6.49. The lowest BCUT2D eigenvalue weighted by molar-refractivity contribution is 0.485. The van der Waals surface area contributed by atoms with E-state index in [2.05, 4.69) is 53.3 Å². The molecule has 0 aliphatic heterocycles. The topological polar surface area (TPSA) is 12.0 Å². The Morgan fingerprint density at radius 2 is 2.00 bits per heavy atom. The van der Waals surface area contributed by atoms with Crippen LogP contribution in [-0.2, 0) is 6.42 Å². The van der Waals surface area contributed by atoms with Crippen LogP contribution in [0, 0.1) is 5.92 Å². The molecule has 0 amide bonds. The van der Waals surface area contributed by atoms with E-state index >= 15 is 0 Å². The average Bonchev–Trinajstić information content (AvgIpc) is 2.79. The lowest BCUT2D eigenvalue weighted by Crippen LogP contribution is -2.20. The molecule has 1 aromatic rings. The van der Waals surface area contributed by atoms with Crippen molar-refractivity contribution in [1.29, 1.82) is 0 Å². The van der Waals surface area contributed by atoms with Gasteiger partial charge in [-0.3, -0.25) is 0 Å². The van der Waals surface area contributed by atoms with Crippen molar-refractivity contribution in [3.63, 3.8) is 0 Å². The molecule has 1 atom stereocenters. The van der Waals surface area contributed by atoms with E-state index in [9.17, 15) is 0 Å². The van der Waals surface area contributed by atoms with Crippen molar-refractivity contribution in [2.75, 3.05) is 6.54 Å². The Balaban J connectivity index is 1.62. The molecule has 20 heavy (non-hydrogen) atoms. The van der Waals surface area contributed by atoms with Crippen LogP contribution in [0.15, 0.2) is 22.7 Å². The molecule has 0 radical (unpaired) electrons. The van der Waals surface area contributed by atoms with E-state index in [1.165, 1.54) is 67.1 Å². The van der Waals surface area contributed by atoms with Crippen LogP contribution in [0.25, 0.3) is 0 Å². The molecule has 0 saturated heterocycles. The van der Waals surface area contributed by atoms with Gasteiger partial charge in [0, 0.05) is 10.5 Å². The van der Waals surface area contributed by atoms with E-state index < -0.39 is 0 Å². The van der Waals surface area contributed by atoms with Gasteiger partial charge in [-0.05, 0) is 55.0 Å². The molecule has 1 nitrogen and oxygen atoms in total. The number of halogens is 1. The lowest BCUT2D eigenvalue weighted by atomic mass is 10.0. The van der Waals surface area contributed by atoms with Gasteiger partial charge in [0.05, 0.1) is 0 Å². The van der Waals surface area contributed by atoms with Gasteiger partial charge in [0.1, 0.15) is 0 Å². The van der Waals surface area contributed by atoms with E-state index in [1.807, 2.05) is 0 Å². The first-order valence-electron chi connectivity index (χ1n) is 8.18. The predicted molar refractivity (Wildman–Crippen MR) is 91.1 cm³/mol. The van der Waals surface area contributed by atoms with Crippen molar-refractivity contribution in [3.05, 3.63) is 33.8 Å². The Labute approximate surface area is 132 Å². The zero-order chi connectivity index (χ0) is 14.4. The van der Waals surface area contributed by atoms with Gasteiger partial charge < -0.3 is 5.32 Å². The van der Waals surface area contributed by atoms with Gasteiger partial charge in [-0.2, -0.15) is 0 Å². The van der Waals surface area contributed by atoms with Crippen molar-refractivity contribution in [1.82, 2.24) is 5.32 Å². The first-order chi connectivity index (χ1) is 9.66. The highest BCUT2D eigenvalue weighted by Gasteiger charge is 2.21. The molecule has 1 aliphatic carbocycles. The Kier molecular flexibility index (Phi) is 6.57. The average molecular weight is 338 g/mol. The van der Waals surface area contributed by atoms with Gasteiger partial charge in [-0.25, -0.2) is 0 Å². The van der Waals surface area contributed by atoms with Crippen LogP contribution in [0.1, 0.15) is 69.5 Å². The smallest absolute Gasteiger partial charge is 0.0326 e. The molecule has 112 valence electrons. The number of nitrogens with one attached hydrogen (secondary N) is 1. The molecule has 0 fully saturated rings. The molecule has 0 heterocycles. The monoisotopic (exact) mass is 337 g/mol. The molecular formula is C18H28BrN. The minimum Gasteiger partial charge on any atom is -0.310 e. The molecule has 0 bridgehead atoms.